The first kappa shape index (κ1) is 15.0. The maximum Gasteiger partial charge on any atom is 0.322 e. The standard InChI is InChI=1S/C13H14BrClN4O/c1-8(2)20-13-18-11(15)17-12(19-13)16-7-9-3-5-10(14)6-4-9/h3-6,8H,7H2,1-2H3,(H,16,17,18,19). The highest BCUT2D eigenvalue weighted by Gasteiger charge is 2.07. The van der Waals surface area contributed by atoms with Crippen LogP contribution in [-0.2, 0) is 6.54 Å². The SMILES string of the molecule is CC(C)Oc1nc(Cl)nc(NCc2ccc(Br)cc2)n1. The van der Waals surface area contributed by atoms with E-state index in [4.69, 9.17) is 16.3 Å². The smallest absolute Gasteiger partial charge is 0.322 e. The first-order valence-corrected chi connectivity index (χ1v) is 7.26. The summed E-state index contributed by atoms with van der Waals surface area (Å²) in [6.07, 6.45) is -0.0206. The molecule has 20 heavy (non-hydrogen) atoms. The van der Waals surface area contributed by atoms with Crippen molar-refractivity contribution in [1.82, 2.24) is 15.0 Å². The molecule has 5 nitrogen and oxygen atoms in total. The van der Waals surface area contributed by atoms with E-state index in [1.807, 2.05) is 38.1 Å². The molecule has 0 unspecified atom stereocenters. The largest absolute Gasteiger partial charge is 0.461 e. The predicted octanol–water partition coefficient (Wildman–Crippen LogP) is 3.69. The van der Waals surface area contributed by atoms with Crippen molar-refractivity contribution in [2.45, 2.75) is 26.5 Å². The summed E-state index contributed by atoms with van der Waals surface area (Å²) in [6, 6.07) is 8.19. The van der Waals surface area contributed by atoms with E-state index >= 15 is 0 Å². The van der Waals surface area contributed by atoms with Crippen molar-refractivity contribution in [2.75, 3.05) is 5.32 Å². The van der Waals surface area contributed by atoms with Crippen LogP contribution in [-0.4, -0.2) is 21.1 Å². The van der Waals surface area contributed by atoms with Crippen LogP contribution in [0.25, 0.3) is 0 Å². The number of hydrogen-bond acceptors (Lipinski definition) is 5. The molecule has 1 aromatic carbocycles. The fraction of sp³-hybridized carbons (Fsp3) is 0.308. The lowest BCUT2D eigenvalue weighted by Gasteiger charge is -2.09. The zero-order valence-corrected chi connectivity index (χ0v) is 13.4. The molecule has 0 aliphatic carbocycles. The van der Waals surface area contributed by atoms with Crippen molar-refractivity contribution in [1.29, 1.82) is 0 Å². The molecule has 2 rings (SSSR count). The Morgan fingerprint density at radius 3 is 2.55 bits per heavy atom. The number of halogens is 2. The Hall–Kier alpha value is -1.40. The third kappa shape index (κ3) is 4.61. The van der Waals surface area contributed by atoms with Crippen molar-refractivity contribution >= 4 is 33.5 Å². The van der Waals surface area contributed by atoms with E-state index in [2.05, 4.69) is 36.2 Å². The fourth-order valence-electron chi connectivity index (χ4n) is 1.46. The van der Waals surface area contributed by atoms with Gasteiger partial charge in [0.05, 0.1) is 6.10 Å². The minimum atomic E-state index is -0.0206. The summed E-state index contributed by atoms with van der Waals surface area (Å²) < 4.78 is 6.45. The quantitative estimate of drug-likeness (QED) is 0.884. The third-order valence-electron chi connectivity index (χ3n) is 2.29. The number of aromatic nitrogens is 3. The number of rotatable bonds is 5. The molecule has 1 aromatic heterocycles. The van der Waals surface area contributed by atoms with Crippen LogP contribution in [0.4, 0.5) is 5.95 Å². The number of hydrogen-bond donors (Lipinski definition) is 1. The summed E-state index contributed by atoms with van der Waals surface area (Å²) >= 11 is 9.24. The Bertz CT molecular complexity index is 577. The Morgan fingerprint density at radius 2 is 1.90 bits per heavy atom. The monoisotopic (exact) mass is 356 g/mol. The van der Waals surface area contributed by atoms with Crippen LogP contribution in [0.5, 0.6) is 6.01 Å². The summed E-state index contributed by atoms with van der Waals surface area (Å²) in [5.74, 6) is 0.392. The molecule has 0 amide bonds. The van der Waals surface area contributed by atoms with E-state index < -0.39 is 0 Å². The number of nitrogens with zero attached hydrogens (tertiary/aromatic N) is 3. The Kier molecular flexibility index (Phi) is 5.14. The van der Waals surface area contributed by atoms with E-state index in [0.717, 1.165) is 10.0 Å². The summed E-state index contributed by atoms with van der Waals surface area (Å²) in [6.45, 7) is 4.38. The normalized spacial score (nSPS) is 10.7. The van der Waals surface area contributed by atoms with Gasteiger partial charge in [0.2, 0.25) is 11.2 Å². The second-order valence-corrected chi connectivity index (χ2v) is 5.61. The van der Waals surface area contributed by atoms with E-state index in [-0.39, 0.29) is 17.4 Å². The van der Waals surface area contributed by atoms with Crippen molar-refractivity contribution in [2.24, 2.45) is 0 Å². The minimum absolute atomic E-state index is 0.0206. The Morgan fingerprint density at radius 1 is 1.20 bits per heavy atom. The average molecular weight is 358 g/mol. The number of ether oxygens (including phenoxy) is 1. The molecule has 2 aromatic rings. The Labute approximate surface area is 130 Å². The summed E-state index contributed by atoms with van der Waals surface area (Å²) in [4.78, 5) is 12.1. The minimum Gasteiger partial charge on any atom is -0.461 e. The van der Waals surface area contributed by atoms with Crippen molar-refractivity contribution in [3.63, 3.8) is 0 Å². The fourth-order valence-corrected chi connectivity index (χ4v) is 1.87. The van der Waals surface area contributed by atoms with Gasteiger partial charge >= 0.3 is 6.01 Å². The number of nitrogens with one attached hydrogen (secondary N) is 1. The van der Waals surface area contributed by atoms with E-state index in [1.165, 1.54) is 0 Å². The molecule has 0 saturated carbocycles. The van der Waals surface area contributed by atoms with E-state index in [9.17, 15) is 0 Å². The van der Waals surface area contributed by atoms with Gasteiger partial charge in [0, 0.05) is 11.0 Å². The lowest BCUT2D eigenvalue weighted by molar-refractivity contribution is 0.222. The molecular formula is C13H14BrClN4O. The zero-order valence-electron chi connectivity index (χ0n) is 11.1. The molecule has 0 atom stereocenters. The highest BCUT2D eigenvalue weighted by atomic mass is 79.9. The van der Waals surface area contributed by atoms with Crippen molar-refractivity contribution in [3.8, 4) is 6.01 Å². The highest BCUT2D eigenvalue weighted by molar-refractivity contribution is 9.10. The molecule has 0 radical (unpaired) electrons. The van der Waals surface area contributed by atoms with Gasteiger partial charge in [0.15, 0.2) is 0 Å². The third-order valence-corrected chi connectivity index (χ3v) is 2.99. The van der Waals surface area contributed by atoms with Crippen LogP contribution >= 0.6 is 27.5 Å². The molecule has 7 heteroatoms. The van der Waals surface area contributed by atoms with Crippen LogP contribution in [0.2, 0.25) is 5.28 Å². The van der Waals surface area contributed by atoms with Gasteiger partial charge in [0.25, 0.3) is 0 Å². The molecular weight excluding hydrogens is 344 g/mol. The molecule has 0 bridgehead atoms. The molecule has 0 saturated heterocycles. The van der Waals surface area contributed by atoms with Gasteiger partial charge < -0.3 is 10.1 Å². The average Bonchev–Trinajstić information content (AvgIpc) is 2.36. The number of benzene rings is 1. The molecule has 0 aliphatic rings. The highest BCUT2D eigenvalue weighted by Crippen LogP contribution is 2.14. The molecule has 0 fully saturated rings. The van der Waals surface area contributed by atoms with Gasteiger partial charge in [-0.2, -0.15) is 15.0 Å². The molecule has 0 aliphatic heterocycles. The van der Waals surface area contributed by atoms with E-state index in [0.29, 0.717) is 12.5 Å². The topological polar surface area (TPSA) is 59.9 Å². The van der Waals surface area contributed by atoms with Gasteiger partial charge in [-0.3, -0.25) is 0 Å². The molecule has 1 N–H and O–H groups in total. The van der Waals surface area contributed by atoms with Crippen molar-refractivity contribution in [3.05, 3.63) is 39.6 Å². The van der Waals surface area contributed by atoms with Gasteiger partial charge in [-0.15, -0.1) is 0 Å². The Balaban J connectivity index is 2.05. The first-order chi connectivity index (χ1) is 9.52. The molecule has 0 spiro atoms. The zero-order chi connectivity index (χ0) is 14.5. The van der Waals surface area contributed by atoms with Gasteiger partial charge in [0.1, 0.15) is 0 Å². The van der Waals surface area contributed by atoms with E-state index in [1.54, 1.807) is 0 Å². The molecule has 106 valence electrons. The number of anilines is 1. The lowest BCUT2D eigenvalue weighted by Crippen LogP contribution is -2.11. The molecule has 1 heterocycles. The summed E-state index contributed by atoms with van der Waals surface area (Å²) in [5.41, 5.74) is 1.11. The maximum absolute atomic E-state index is 5.85. The van der Waals surface area contributed by atoms with Gasteiger partial charge in [-0.25, -0.2) is 0 Å². The summed E-state index contributed by atoms with van der Waals surface area (Å²) in [5, 5.41) is 3.20. The maximum atomic E-state index is 5.85. The van der Waals surface area contributed by atoms with Crippen LogP contribution in [0.15, 0.2) is 28.7 Å². The summed E-state index contributed by atoms with van der Waals surface area (Å²) in [7, 11) is 0. The van der Waals surface area contributed by atoms with Crippen LogP contribution in [0.1, 0.15) is 19.4 Å². The van der Waals surface area contributed by atoms with Crippen LogP contribution in [0.3, 0.4) is 0 Å². The predicted molar refractivity (Wildman–Crippen MR) is 82.1 cm³/mol. The first-order valence-electron chi connectivity index (χ1n) is 6.09. The van der Waals surface area contributed by atoms with Gasteiger partial charge in [-0.05, 0) is 43.1 Å². The van der Waals surface area contributed by atoms with Crippen LogP contribution < -0.4 is 10.1 Å². The lowest BCUT2D eigenvalue weighted by atomic mass is 10.2. The second kappa shape index (κ2) is 6.85. The van der Waals surface area contributed by atoms with Crippen molar-refractivity contribution < 1.29 is 4.74 Å². The van der Waals surface area contributed by atoms with Crippen LogP contribution in [0, 0.1) is 0 Å². The van der Waals surface area contributed by atoms with Gasteiger partial charge in [-0.1, -0.05) is 28.1 Å². The second-order valence-electron chi connectivity index (χ2n) is 4.36.